The van der Waals surface area contributed by atoms with Gasteiger partial charge in [0.1, 0.15) is 5.82 Å². The van der Waals surface area contributed by atoms with Crippen LogP contribution in [0.3, 0.4) is 0 Å². The van der Waals surface area contributed by atoms with Crippen molar-refractivity contribution in [2.75, 3.05) is 5.32 Å². The molecule has 2 aromatic heterocycles. The highest BCUT2D eigenvalue weighted by Gasteiger charge is 2.20. The average Bonchev–Trinajstić information content (AvgIpc) is 3.04. The maximum absolute atomic E-state index is 12.3. The van der Waals surface area contributed by atoms with E-state index in [1.54, 1.807) is 18.5 Å². The summed E-state index contributed by atoms with van der Waals surface area (Å²) < 4.78 is 2.04. The van der Waals surface area contributed by atoms with Crippen LogP contribution < -0.4 is 5.32 Å². The summed E-state index contributed by atoms with van der Waals surface area (Å²) in [5.74, 6) is 1.02. The molecule has 0 aliphatic carbocycles. The Morgan fingerprint density at radius 1 is 1.15 bits per heavy atom. The first-order chi connectivity index (χ1) is 12.7. The van der Waals surface area contributed by atoms with Crippen molar-refractivity contribution in [2.45, 2.75) is 37.2 Å². The number of aromatic nitrogens is 5. The van der Waals surface area contributed by atoms with Crippen LogP contribution in [0.15, 0.2) is 53.9 Å². The third kappa shape index (κ3) is 4.45. The van der Waals surface area contributed by atoms with E-state index < -0.39 is 0 Å². The summed E-state index contributed by atoms with van der Waals surface area (Å²) in [5, 5.41) is 11.7. The lowest BCUT2D eigenvalue weighted by Crippen LogP contribution is -2.24. The van der Waals surface area contributed by atoms with Gasteiger partial charge in [-0.1, -0.05) is 42.1 Å². The van der Waals surface area contributed by atoms with Gasteiger partial charge in [-0.15, -0.1) is 10.2 Å². The van der Waals surface area contributed by atoms with Crippen molar-refractivity contribution in [3.63, 3.8) is 0 Å². The topological polar surface area (TPSA) is 85.6 Å². The molecule has 3 rings (SSSR count). The van der Waals surface area contributed by atoms with Gasteiger partial charge in [-0.2, -0.15) is 0 Å². The Balaban J connectivity index is 1.68. The van der Waals surface area contributed by atoms with Crippen molar-refractivity contribution in [1.29, 1.82) is 0 Å². The maximum Gasteiger partial charge on any atom is 0.240 e. The largest absolute Gasteiger partial charge is 0.306 e. The molecule has 0 aliphatic heterocycles. The number of carbonyl (C=O) groups is 1. The molecule has 1 atom stereocenters. The van der Waals surface area contributed by atoms with Gasteiger partial charge < -0.3 is 4.57 Å². The normalized spacial score (nSPS) is 11.9. The van der Waals surface area contributed by atoms with Crippen LogP contribution in [-0.2, 0) is 17.8 Å². The smallest absolute Gasteiger partial charge is 0.240 e. The Labute approximate surface area is 156 Å². The first kappa shape index (κ1) is 18.1. The van der Waals surface area contributed by atoms with E-state index in [0.29, 0.717) is 12.4 Å². The summed E-state index contributed by atoms with van der Waals surface area (Å²) in [6, 6.07) is 11.8. The van der Waals surface area contributed by atoms with Crippen LogP contribution in [-0.4, -0.2) is 35.9 Å². The Morgan fingerprint density at radius 3 is 2.58 bits per heavy atom. The van der Waals surface area contributed by atoms with E-state index in [1.165, 1.54) is 17.3 Å². The van der Waals surface area contributed by atoms with Crippen molar-refractivity contribution in [3.8, 4) is 0 Å². The second kappa shape index (κ2) is 8.57. The molecule has 0 spiro atoms. The van der Waals surface area contributed by atoms with E-state index in [1.807, 2.05) is 36.6 Å². The molecule has 7 nitrogen and oxygen atoms in total. The van der Waals surface area contributed by atoms with Gasteiger partial charge in [0.15, 0.2) is 5.16 Å². The lowest BCUT2D eigenvalue weighted by molar-refractivity contribution is -0.115. The molecule has 3 aromatic rings. The number of benzene rings is 1. The summed E-state index contributed by atoms with van der Waals surface area (Å²) >= 11 is 1.38. The molecule has 0 bridgehead atoms. The van der Waals surface area contributed by atoms with Gasteiger partial charge in [0.2, 0.25) is 11.9 Å². The summed E-state index contributed by atoms with van der Waals surface area (Å²) in [6.45, 7) is 4.62. The summed E-state index contributed by atoms with van der Waals surface area (Å²) in [5.41, 5.74) is 1.18. The molecule has 134 valence electrons. The van der Waals surface area contributed by atoms with E-state index in [9.17, 15) is 4.79 Å². The maximum atomic E-state index is 12.3. The standard InChI is InChI=1S/C18H20N6OS/c1-3-24-15(12-14-8-5-4-6-9-14)22-23-18(24)26-13(2)16(25)21-17-19-10-7-11-20-17/h4-11,13H,3,12H2,1-2H3,(H,19,20,21,25). The number of nitrogens with zero attached hydrogens (tertiary/aromatic N) is 5. The zero-order valence-electron chi connectivity index (χ0n) is 14.7. The van der Waals surface area contributed by atoms with Crippen LogP contribution in [0.2, 0.25) is 0 Å². The van der Waals surface area contributed by atoms with Crippen molar-refractivity contribution in [2.24, 2.45) is 0 Å². The van der Waals surface area contributed by atoms with Gasteiger partial charge in [0.25, 0.3) is 0 Å². The van der Waals surface area contributed by atoms with Crippen LogP contribution in [0.5, 0.6) is 0 Å². The molecule has 0 aliphatic rings. The molecule has 1 N–H and O–H groups in total. The average molecular weight is 368 g/mol. The molecule has 0 radical (unpaired) electrons. The Kier molecular flexibility index (Phi) is 5.96. The number of hydrogen-bond donors (Lipinski definition) is 1. The molecular weight excluding hydrogens is 348 g/mol. The highest BCUT2D eigenvalue weighted by atomic mass is 32.2. The van der Waals surface area contributed by atoms with E-state index in [-0.39, 0.29) is 11.2 Å². The van der Waals surface area contributed by atoms with Crippen molar-refractivity contribution < 1.29 is 4.79 Å². The van der Waals surface area contributed by atoms with Gasteiger partial charge in [0, 0.05) is 25.4 Å². The molecule has 1 unspecified atom stereocenters. The van der Waals surface area contributed by atoms with E-state index in [2.05, 4.69) is 37.6 Å². The number of thioether (sulfide) groups is 1. The van der Waals surface area contributed by atoms with E-state index in [0.717, 1.165) is 17.5 Å². The second-order valence-electron chi connectivity index (χ2n) is 5.63. The summed E-state index contributed by atoms with van der Waals surface area (Å²) in [7, 11) is 0. The van der Waals surface area contributed by atoms with Crippen molar-refractivity contribution in [3.05, 3.63) is 60.2 Å². The molecule has 2 heterocycles. The number of anilines is 1. The van der Waals surface area contributed by atoms with Crippen LogP contribution in [0, 0.1) is 0 Å². The number of amides is 1. The molecule has 8 heteroatoms. The first-order valence-corrected chi connectivity index (χ1v) is 9.26. The van der Waals surface area contributed by atoms with Gasteiger partial charge >= 0.3 is 0 Å². The van der Waals surface area contributed by atoms with E-state index >= 15 is 0 Å². The SMILES string of the molecule is CCn1c(Cc2ccccc2)nnc1SC(C)C(=O)Nc1ncccn1. The molecule has 1 amide bonds. The van der Waals surface area contributed by atoms with Crippen LogP contribution >= 0.6 is 11.8 Å². The highest BCUT2D eigenvalue weighted by Crippen LogP contribution is 2.24. The fourth-order valence-corrected chi connectivity index (χ4v) is 3.35. The summed E-state index contributed by atoms with van der Waals surface area (Å²) in [6.07, 6.45) is 3.88. The first-order valence-electron chi connectivity index (χ1n) is 8.38. The monoisotopic (exact) mass is 368 g/mol. The summed E-state index contributed by atoms with van der Waals surface area (Å²) in [4.78, 5) is 20.4. The lowest BCUT2D eigenvalue weighted by Gasteiger charge is -2.12. The van der Waals surface area contributed by atoms with Crippen LogP contribution in [0.4, 0.5) is 5.95 Å². The number of nitrogens with one attached hydrogen (secondary N) is 1. The molecular formula is C18H20N6OS. The zero-order chi connectivity index (χ0) is 18.4. The van der Waals surface area contributed by atoms with Gasteiger partial charge in [0.05, 0.1) is 5.25 Å². The Hall–Kier alpha value is -2.74. The van der Waals surface area contributed by atoms with Crippen LogP contribution in [0.25, 0.3) is 0 Å². The minimum atomic E-state index is -0.349. The van der Waals surface area contributed by atoms with E-state index in [4.69, 9.17) is 0 Å². The number of hydrogen-bond acceptors (Lipinski definition) is 6. The number of carbonyl (C=O) groups excluding carboxylic acids is 1. The predicted octanol–water partition coefficient (Wildman–Crippen LogP) is 2.80. The number of rotatable bonds is 7. The van der Waals surface area contributed by atoms with Gasteiger partial charge in [-0.25, -0.2) is 9.97 Å². The fraction of sp³-hybridized carbons (Fsp3) is 0.278. The second-order valence-corrected chi connectivity index (χ2v) is 6.94. The fourth-order valence-electron chi connectivity index (χ4n) is 2.42. The third-order valence-corrected chi connectivity index (χ3v) is 4.85. The molecule has 0 saturated carbocycles. The molecule has 26 heavy (non-hydrogen) atoms. The molecule has 0 saturated heterocycles. The van der Waals surface area contributed by atoms with Crippen molar-refractivity contribution in [1.82, 2.24) is 24.7 Å². The minimum absolute atomic E-state index is 0.170. The highest BCUT2D eigenvalue weighted by molar-refractivity contribution is 8.00. The minimum Gasteiger partial charge on any atom is -0.306 e. The predicted molar refractivity (Wildman–Crippen MR) is 101 cm³/mol. The van der Waals surface area contributed by atoms with Gasteiger partial charge in [-0.05, 0) is 25.5 Å². The third-order valence-electron chi connectivity index (χ3n) is 3.77. The molecule has 0 fully saturated rings. The van der Waals surface area contributed by atoms with Crippen LogP contribution in [0.1, 0.15) is 25.2 Å². The van der Waals surface area contributed by atoms with Crippen molar-refractivity contribution >= 4 is 23.6 Å². The Morgan fingerprint density at radius 2 is 1.88 bits per heavy atom. The Bertz CT molecular complexity index is 853. The quantitative estimate of drug-likeness (QED) is 0.646. The van der Waals surface area contributed by atoms with Gasteiger partial charge in [-0.3, -0.25) is 10.1 Å². The molecule has 1 aromatic carbocycles. The lowest BCUT2D eigenvalue weighted by atomic mass is 10.1. The zero-order valence-corrected chi connectivity index (χ0v) is 15.5.